The first-order chi connectivity index (χ1) is 26.8. The molecule has 9 atom stereocenters. The molecule has 0 radical (unpaired) electrons. The molecule has 0 aromatic carbocycles. The van der Waals surface area contributed by atoms with Gasteiger partial charge in [-0.25, -0.2) is 0 Å². The van der Waals surface area contributed by atoms with Crippen LogP contribution >= 0.6 is 9.24 Å². The van der Waals surface area contributed by atoms with E-state index in [-0.39, 0.29) is 42.7 Å². The molecule has 0 aliphatic heterocycles. The summed E-state index contributed by atoms with van der Waals surface area (Å²) < 4.78 is 0. The second kappa shape index (κ2) is 29.5. The highest BCUT2D eigenvalue weighted by molar-refractivity contribution is 7.17. The van der Waals surface area contributed by atoms with Gasteiger partial charge < -0.3 is 20.8 Å². The average molecular weight is 783 g/mol. The summed E-state index contributed by atoms with van der Waals surface area (Å²) in [5.74, 6) is 0.852. The third-order valence-corrected chi connectivity index (χ3v) is 13.3. The van der Waals surface area contributed by atoms with Crippen LogP contribution in [0.15, 0.2) is 48.1 Å². The topological polar surface area (TPSA) is 98.7 Å². The van der Waals surface area contributed by atoms with Crippen molar-refractivity contribution in [2.24, 2.45) is 17.8 Å². The van der Waals surface area contributed by atoms with E-state index >= 15 is 0 Å². The van der Waals surface area contributed by atoms with Crippen LogP contribution in [0.25, 0.3) is 0 Å². The Hall–Kier alpha value is -1.75. The molecule has 6 nitrogen and oxygen atoms in total. The van der Waals surface area contributed by atoms with Crippen molar-refractivity contribution in [3.05, 3.63) is 48.1 Å². The van der Waals surface area contributed by atoms with Crippen molar-refractivity contribution in [3.8, 4) is 0 Å². The number of unbranched alkanes of at least 4 members (excludes halogenated alkanes) is 16. The summed E-state index contributed by atoms with van der Waals surface area (Å²) in [5.41, 5.74) is 1.71. The number of nitrogens with one attached hydrogen (secondary N) is 2. The van der Waals surface area contributed by atoms with Crippen molar-refractivity contribution < 1.29 is 19.8 Å². The molecule has 0 heterocycles. The van der Waals surface area contributed by atoms with Crippen molar-refractivity contribution in [1.82, 2.24) is 10.6 Å². The van der Waals surface area contributed by atoms with Crippen LogP contribution in [0.4, 0.5) is 0 Å². The lowest BCUT2D eigenvalue weighted by Crippen LogP contribution is -2.51. The van der Waals surface area contributed by atoms with Gasteiger partial charge in [-0.1, -0.05) is 172 Å². The molecule has 7 heteroatoms. The molecule has 2 amide bonds. The normalized spacial score (nSPS) is 26.3. The standard InChI is InChI=1S/C48H83N2O4P/c1-3-5-7-9-11-13-15-20-24-28-40(51)35-47(53)49-45-34-39(30-32-43(45)38-26-22-18-17-19-23-27-38)44-33-31-42(55)37-46(44)50-48(54)36-41(52)29-25-21-16-14-12-10-8-6-4-2/h17-19,22-23,26-27,39-46,51-52H,3-16,20-21,24-25,28-37,55H2,1-2H3,(H,49,53)(H,50,54)/b18-17-,19-17?,22-18?,23-19-,26-22?,27-23?,38-26?,38-27?/t39?,40-,41-,42?,43?,44?,45?,46?/m0/s1. The first-order valence-electron chi connectivity index (χ1n) is 23.2. The van der Waals surface area contributed by atoms with Gasteiger partial charge in [-0.3, -0.25) is 9.59 Å². The number of aliphatic hydroxyl groups excluding tert-OH is 2. The largest absolute Gasteiger partial charge is 0.393 e. The fourth-order valence-corrected chi connectivity index (χ4v) is 9.97. The van der Waals surface area contributed by atoms with Crippen molar-refractivity contribution in [2.75, 3.05) is 0 Å². The van der Waals surface area contributed by atoms with Gasteiger partial charge in [-0.05, 0) is 74.4 Å². The van der Waals surface area contributed by atoms with Crippen LogP contribution in [0.1, 0.15) is 194 Å². The summed E-state index contributed by atoms with van der Waals surface area (Å²) in [6.45, 7) is 4.50. The maximum absolute atomic E-state index is 13.5. The third-order valence-electron chi connectivity index (χ3n) is 12.7. The first-order valence-corrected chi connectivity index (χ1v) is 23.9. The van der Waals surface area contributed by atoms with E-state index in [9.17, 15) is 19.8 Å². The molecule has 3 aliphatic rings. The number of carbonyl (C=O) groups excluding carboxylic acids is 2. The van der Waals surface area contributed by atoms with E-state index in [1.807, 2.05) is 18.2 Å². The lowest BCUT2D eigenvalue weighted by atomic mass is 9.66. The second-order valence-corrected chi connectivity index (χ2v) is 18.5. The Balaban J connectivity index is 1.52. The van der Waals surface area contributed by atoms with Gasteiger partial charge in [0.2, 0.25) is 11.8 Å². The Morgan fingerprint density at radius 2 is 1.11 bits per heavy atom. The van der Waals surface area contributed by atoms with E-state index < -0.39 is 12.2 Å². The van der Waals surface area contributed by atoms with E-state index in [1.54, 1.807) is 0 Å². The zero-order chi connectivity index (χ0) is 39.5. The summed E-state index contributed by atoms with van der Waals surface area (Å²) in [6.07, 6.45) is 43.6. The average Bonchev–Trinajstić information content (AvgIpc) is 3.13. The summed E-state index contributed by atoms with van der Waals surface area (Å²) in [5, 5.41) is 28.4. The Morgan fingerprint density at radius 1 is 0.618 bits per heavy atom. The number of carbonyl (C=O) groups is 2. The monoisotopic (exact) mass is 783 g/mol. The van der Waals surface area contributed by atoms with Crippen molar-refractivity contribution >= 4 is 21.1 Å². The second-order valence-electron chi connectivity index (χ2n) is 17.5. The minimum atomic E-state index is -0.608. The molecule has 55 heavy (non-hydrogen) atoms. The summed E-state index contributed by atoms with van der Waals surface area (Å²) >= 11 is 0. The fourth-order valence-electron chi connectivity index (χ4n) is 9.48. The van der Waals surface area contributed by atoms with Gasteiger partial charge in [0.05, 0.1) is 25.0 Å². The van der Waals surface area contributed by atoms with Gasteiger partial charge in [0.25, 0.3) is 0 Å². The molecule has 3 aliphatic carbocycles. The number of rotatable bonds is 28. The van der Waals surface area contributed by atoms with Gasteiger partial charge >= 0.3 is 0 Å². The molecular formula is C48H83N2O4P. The molecule has 3 rings (SSSR count). The van der Waals surface area contributed by atoms with Crippen molar-refractivity contribution in [3.63, 3.8) is 0 Å². The number of hydrogen-bond donors (Lipinski definition) is 4. The molecule has 0 saturated heterocycles. The number of hydrogen-bond acceptors (Lipinski definition) is 4. The highest BCUT2D eigenvalue weighted by Gasteiger charge is 2.41. The van der Waals surface area contributed by atoms with Gasteiger partial charge in [0, 0.05) is 18.0 Å². The van der Waals surface area contributed by atoms with Crippen LogP contribution in [0.3, 0.4) is 0 Å². The molecule has 2 fully saturated rings. The molecule has 0 aromatic heterocycles. The maximum Gasteiger partial charge on any atom is 0.222 e. The van der Waals surface area contributed by atoms with Crippen LogP contribution in [0, 0.1) is 17.8 Å². The maximum atomic E-state index is 13.5. The predicted octanol–water partition coefficient (Wildman–Crippen LogP) is 11.4. The Kier molecular flexibility index (Phi) is 25.5. The molecule has 0 aromatic rings. The zero-order valence-electron chi connectivity index (χ0n) is 35.2. The Morgan fingerprint density at radius 3 is 1.67 bits per heavy atom. The van der Waals surface area contributed by atoms with Crippen LogP contribution < -0.4 is 10.6 Å². The first kappa shape index (κ1) is 47.6. The van der Waals surface area contributed by atoms with Crippen LogP contribution in [-0.4, -0.2) is 52.0 Å². The number of amides is 2. The summed E-state index contributed by atoms with van der Waals surface area (Å²) in [6, 6.07) is 0.0513. The SMILES string of the molecule is CCCCCCCCCCC[C@H](O)CC(=O)NC1CC(C2CCC(P)CC2NC(=O)C[C@@H](O)CCCCCCCCCCC)CCC1C1=C/C=C\C=C/C=C1. The lowest BCUT2D eigenvalue weighted by Gasteiger charge is -2.45. The molecule has 0 spiro atoms. The Labute approximate surface area is 339 Å². The van der Waals surface area contributed by atoms with Gasteiger partial charge in [0.15, 0.2) is 0 Å². The minimum absolute atomic E-state index is 0.0258. The Bertz CT molecular complexity index is 1170. The van der Waals surface area contributed by atoms with Crippen molar-refractivity contribution in [2.45, 2.75) is 224 Å². The van der Waals surface area contributed by atoms with E-state index in [0.717, 1.165) is 64.2 Å². The van der Waals surface area contributed by atoms with Gasteiger partial charge in [0.1, 0.15) is 0 Å². The number of allylic oxidation sites excluding steroid dienone is 7. The quantitative estimate of drug-likeness (QED) is 0.0469. The minimum Gasteiger partial charge on any atom is -0.393 e. The molecule has 7 unspecified atom stereocenters. The van der Waals surface area contributed by atoms with Crippen LogP contribution in [0.2, 0.25) is 0 Å². The van der Waals surface area contributed by atoms with Crippen molar-refractivity contribution in [1.29, 1.82) is 0 Å². The predicted molar refractivity (Wildman–Crippen MR) is 236 cm³/mol. The molecule has 0 bridgehead atoms. The molecule has 2 saturated carbocycles. The van der Waals surface area contributed by atoms with E-state index in [0.29, 0.717) is 30.3 Å². The fraction of sp³-hybridized carbons (Fsp3) is 0.792. The van der Waals surface area contributed by atoms with Crippen LogP contribution in [0.5, 0.6) is 0 Å². The zero-order valence-corrected chi connectivity index (χ0v) is 36.4. The van der Waals surface area contributed by atoms with E-state index in [1.165, 1.54) is 95.5 Å². The van der Waals surface area contributed by atoms with Crippen LogP contribution in [-0.2, 0) is 9.59 Å². The molecular weight excluding hydrogens is 700 g/mol. The molecule has 4 N–H and O–H groups in total. The van der Waals surface area contributed by atoms with Gasteiger partial charge in [-0.2, -0.15) is 0 Å². The van der Waals surface area contributed by atoms with E-state index in [2.05, 4.69) is 58.0 Å². The highest BCUT2D eigenvalue weighted by Crippen LogP contribution is 2.43. The van der Waals surface area contributed by atoms with E-state index in [4.69, 9.17) is 0 Å². The highest BCUT2D eigenvalue weighted by atomic mass is 31.0. The third kappa shape index (κ3) is 20.5. The number of aliphatic hydroxyl groups is 2. The van der Waals surface area contributed by atoms with Gasteiger partial charge in [-0.15, -0.1) is 9.24 Å². The summed E-state index contributed by atoms with van der Waals surface area (Å²) in [7, 11) is 2.99. The molecule has 314 valence electrons. The lowest BCUT2D eigenvalue weighted by molar-refractivity contribution is -0.125. The summed E-state index contributed by atoms with van der Waals surface area (Å²) in [4.78, 5) is 26.9. The smallest absolute Gasteiger partial charge is 0.222 e.